The molecule has 146 valence electrons. The van der Waals surface area contributed by atoms with Gasteiger partial charge in [0.2, 0.25) is 0 Å². The highest BCUT2D eigenvalue weighted by Gasteiger charge is 2.25. The van der Waals surface area contributed by atoms with Crippen molar-refractivity contribution in [3.8, 4) is 11.3 Å². The summed E-state index contributed by atoms with van der Waals surface area (Å²) in [6.07, 6.45) is 0. The molecule has 2 aromatic heterocycles. The van der Waals surface area contributed by atoms with E-state index in [-0.39, 0.29) is 5.91 Å². The van der Waals surface area contributed by atoms with Crippen LogP contribution in [-0.4, -0.2) is 57.0 Å². The SMILES string of the molecule is Cc1nn(C)c(C)c1-c1cc(C(=O)N2CCN(c3ccccc3Cl)CC2)[nH]n1. The molecule has 0 spiro atoms. The number of anilines is 1. The number of hydrogen-bond donors (Lipinski definition) is 1. The molecule has 28 heavy (non-hydrogen) atoms. The van der Waals surface area contributed by atoms with Gasteiger partial charge in [-0.3, -0.25) is 14.6 Å². The number of aryl methyl sites for hydroxylation is 2. The maximum atomic E-state index is 12.9. The van der Waals surface area contributed by atoms with E-state index in [1.54, 1.807) is 0 Å². The van der Waals surface area contributed by atoms with Crippen molar-refractivity contribution < 1.29 is 4.79 Å². The molecule has 0 saturated carbocycles. The number of aromatic nitrogens is 4. The van der Waals surface area contributed by atoms with Gasteiger partial charge in [-0.05, 0) is 32.0 Å². The van der Waals surface area contributed by atoms with Crippen LogP contribution in [0.4, 0.5) is 5.69 Å². The number of halogens is 1. The van der Waals surface area contributed by atoms with Crippen molar-refractivity contribution in [1.29, 1.82) is 0 Å². The first kappa shape index (κ1) is 18.6. The Kier molecular flexibility index (Phi) is 4.85. The number of nitrogens with zero attached hydrogens (tertiary/aromatic N) is 5. The van der Waals surface area contributed by atoms with Gasteiger partial charge in [0.15, 0.2) is 0 Å². The molecule has 1 aliphatic heterocycles. The lowest BCUT2D eigenvalue weighted by molar-refractivity contribution is 0.0741. The molecular formula is C20H23ClN6O. The van der Waals surface area contributed by atoms with E-state index in [0.29, 0.717) is 18.8 Å². The second-order valence-corrected chi connectivity index (χ2v) is 7.47. The highest BCUT2D eigenvalue weighted by Crippen LogP contribution is 2.27. The zero-order chi connectivity index (χ0) is 19.8. The van der Waals surface area contributed by atoms with Crippen LogP contribution in [-0.2, 0) is 7.05 Å². The summed E-state index contributed by atoms with van der Waals surface area (Å²) in [7, 11) is 1.91. The number of benzene rings is 1. The van der Waals surface area contributed by atoms with Gasteiger partial charge in [-0.2, -0.15) is 10.2 Å². The maximum absolute atomic E-state index is 12.9. The molecule has 3 heterocycles. The van der Waals surface area contributed by atoms with Gasteiger partial charge in [0.25, 0.3) is 5.91 Å². The summed E-state index contributed by atoms with van der Waals surface area (Å²) in [5, 5.41) is 12.4. The molecule has 0 aliphatic carbocycles. The summed E-state index contributed by atoms with van der Waals surface area (Å²) in [6, 6.07) is 9.63. The van der Waals surface area contributed by atoms with E-state index in [2.05, 4.69) is 20.2 Å². The summed E-state index contributed by atoms with van der Waals surface area (Å²) in [5.74, 6) is -0.0308. The summed E-state index contributed by atoms with van der Waals surface area (Å²) in [4.78, 5) is 17.0. The average molecular weight is 399 g/mol. The van der Waals surface area contributed by atoms with Crippen molar-refractivity contribution in [3.63, 3.8) is 0 Å². The van der Waals surface area contributed by atoms with Gasteiger partial charge >= 0.3 is 0 Å². The molecule has 4 rings (SSSR count). The summed E-state index contributed by atoms with van der Waals surface area (Å²) < 4.78 is 1.83. The molecule has 0 bridgehead atoms. The molecule has 0 radical (unpaired) electrons. The fraction of sp³-hybridized carbons (Fsp3) is 0.350. The van der Waals surface area contributed by atoms with Crippen LogP contribution in [0.5, 0.6) is 0 Å². The topological polar surface area (TPSA) is 70.1 Å². The van der Waals surface area contributed by atoms with Gasteiger partial charge in [-0.15, -0.1) is 0 Å². The Morgan fingerprint density at radius 1 is 1.14 bits per heavy atom. The summed E-state index contributed by atoms with van der Waals surface area (Å²) >= 11 is 6.30. The van der Waals surface area contributed by atoms with Crippen molar-refractivity contribution in [2.24, 2.45) is 7.05 Å². The van der Waals surface area contributed by atoms with Crippen molar-refractivity contribution >= 4 is 23.2 Å². The number of nitrogens with one attached hydrogen (secondary N) is 1. The fourth-order valence-electron chi connectivity index (χ4n) is 3.73. The lowest BCUT2D eigenvalue weighted by Crippen LogP contribution is -2.49. The van der Waals surface area contributed by atoms with Crippen molar-refractivity contribution in [2.45, 2.75) is 13.8 Å². The Labute approximate surface area is 168 Å². The van der Waals surface area contributed by atoms with Crippen LogP contribution < -0.4 is 4.90 Å². The number of amides is 1. The predicted octanol–water partition coefficient (Wildman–Crippen LogP) is 3.04. The van der Waals surface area contributed by atoms with Crippen molar-refractivity contribution in [3.05, 3.63) is 52.4 Å². The molecule has 0 atom stereocenters. The van der Waals surface area contributed by atoms with Crippen LogP contribution in [0, 0.1) is 13.8 Å². The molecule has 1 N–H and O–H groups in total. The normalized spacial score (nSPS) is 14.6. The van der Waals surface area contributed by atoms with E-state index in [0.717, 1.165) is 46.4 Å². The third-order valence-corrected chi connectivity index (χ3v) is 5.65. The zero-order valence-corrected chi connectivity index (χ0v) is 17.0. The second-order valence-electron chi connectivity index (χ2n) is 7.07. The standard InChI is InChI=1S/C20H23ClN6O/c1-13-19(14(2)25(3)24-13)16-12-17(23-22-16)20(28)27-10-8-26(9-11-27)18-7-5-4-6-15(18)21/h4-7,12H,8-11H2,1-3H3,(H,22,23). The molecule has 1 aromatic carbocycles. The number of para-hydroxylation sites is 1. The van der Waals surface area contributed by atoms with Crippen molar-refractivity contribution in [1.82, 2.24) is 24.9 Å². The fourth-order valence-corrected chi connectivity index (χ4v) is 3.99. The quantitative estimate of drug-likeness (QED) is 0.736. The van der Waals surface area contributed by atoms with Crippen LogP contribution in [0.3, 0.4) is 0 Å². The molecule has 1 fully saturated rings. The van der Waals surface area contributed by atoms with Crippen LogP contribution in [0.15, 0.2) is 30.3 Å². The predicted molar refractivity (Wildman–Crippen MR) is 110 cm³/mol. The first-order chi connectivity index (χ1) is 13.5. The number of H-pyrrole nitrogens is 1. The zero-order valence-electron chi connectivity index (χ0n) is 16.2. The minimum absolute atomic E-state index is 0.0308. The largest absolute Gasteiger partial charge is 0.367 e. The van der Waals surface area contributed by atoms with Gasteiger partial charge in [0, 0.05) is 44.5 Å². The lowest BCUT2D eigenvalue weighted by Gasteiger charge is -2.36. The molecule has 1 amide bonds. The summed E-state index contributed by atoms with van der Waals surface area (Å²) in [6.45, 7) is 6.73. The highest BCUT2D eigenvalue weighted by molar-refractivity contribution is 6.33. The van der Waals surface area contributed by atoms with Crippen molar-refractivity contribution in [2.75, 3.05) is 31.1 Å². The minimum Gasteiger partial charge on any atom is -0.367 e. The Morgan fingerprint density at radius 3 is 2.50 bits per heavy atom. The summed E-state index contributed by atoms with van der Waals surface area (Å²) in [5.41, 5.74) is 5.17. The monoisotopic (exact) mass is 398 g/mol. The van der Waals surface area contributed by atoms with E-state index in [4.69, 9.17) is 11.6 Å². The Hall–Kier alpha value is -2.80. The van der Waals surface area contributed by atoms with E-state index in [9.17, 15) is 4.79 Å². The number of aromatic amines is 1. The van der Waals surface area contributed by atoms with E-state index >= 15 is 0 Å². The minimum atomic E-state index is -0.0308. The molecule has 1 saturated heterocycles. The third kappa shape index (κ3) is 3.26. The van der Waals surface area contributed by atoms with E-state index in [1.165, 1.54) is 0 Å². The maximum Gasteiger partial charge on any atom is 0.272 e. The third-order valence-electron chi connectivity index (χ3n) is 5.33. The number of piperazine rings is 1. The molecule has 7 nitrogen and oxygen atoms in total. The first-order valence-electron chi connectivity index (χ1n) is 9.30. The molecule has 0 unspecified atom stereocenters. The Bertz CT molecular complexity index is 1020. The molecule has 1 aliphatic rings. The Balaban J connectivity index is 1.46. The number of hydrogen-bond acceptors (Lipinski definition) is 4. The van der Waals surface area contributed by atoms with E-state index < -0.39 is 0 Å². The smallest absolute Gasteiger partial charge is 0.272 e. The Morgan fingerprint density at radius 2 is 1.86 bits per heavy atom. The molecular weight excluding hydrogens is 376 g/mol. The van der Waals surface area contributed by atoms with Crippen LogP contribution in [0.1, 0.15) is 21.9 Å². The highest BCUT2D eigenvalue weighted by atomic mass is 35.5. The molecule has 8 heteroatoms. The number of carbonyl (C=O) groups excluding carboxylic acids is 1. The van der Waals surface area contributed by atoms with Gasteiger partial charge in [-0.25, -0.2) is 0 Å². The van der Waals surface area contributed by atoms with Crippen LogP contribution >= 0.6 is 11.6 Å². The average Bonchev–Trinajstić information content (AvgIpc) is 3.26. The van der Waals surface area contributed by atoms with Gasteiger partial charge in [0.1, 0.15) is 5.69 Å². The second kappa shape index (κ2) is 7.31. The van der Waals surface area contributed by atoms with Gasteiger partial charge < -0.3 is 9.80 Å². The van der Waals surface area contributed by atoms with Crippen LogP contribution in [0.2, 0.25) is 5.02 Å². The van der Waals surface area contributed by atoms with Gasteiger partial charge in [0.05, 0.1) is 22.1 Å². The molecule has 3 aromatic rings. The van der Waals surface area contributed by atoms with E-state index in [1.807, 2.05) is 60.8 Å². The van der Waals surface area contributed by atoms with Crippen LogP contribution in [0.25, 0.3) is 11.3 Å². The lowest BCUT2D eigenvalue weighted by atomic mass is 10.1. The number of rotatable bonds is 3. The number of carbonyl (C=O) groups is 1. The van der Waals surface area contributed by atoms with Gasteiger partial charge in [-0.1, -0.05) is 23.7 Å². The first-order valence-corrected chi connectivity index (χ1v) is 9.68.